The fraction of sp³-hybridized carbons (Fsp3) is 0.151. The minimum absolute atomic E-state index is 0. The number of pyridine rings is 2. The molecule has 4 nitrogen and oxygen atoms in total. The van der Waals surface area contributed by atoms with Gasteiger partial charge in [0, 0.05) is 48.6 Å². The van der Waals surface area contributed by atoms with Crippen LogP contribution in [0, 0.1) is 6.07 Å². The third-order valence-corrected chi connectivity index (χ3v) is 11.4. The Kier molecular flexibility index (Phi) is 11.2. The maximum atomic E-state index is 8.40. The number of aromatic nitrogens is 2. The summed E-state index contributed by atoms with van der Waals surface area (Å²) in [6, 6.07) is 57.5. The summed E-state index contributed by atoms with van der Waals surface area (Å²) in [5, 5.41) is 10.8. The fourth-order valence-corrected chi connectivity index (χ4v) is 8.46. The summed E-state index contributed by atoms with van der Waals surface area (Å²) < 4.78 is 0. The number of carbonyl (C=O) groups excluding carboxylic acids is 1. The van der Waals surface area contributed by atoms with Crippen LogP contribution in [0.15, 0.2) is 163 Å². The Morgan fingerprint density at radius 1 is 0.621 bits per heavy atom. The number of aromatic amines is 1. The van der Waals surface area contributed by atoms with E-state index in [1.54, 1.807) is 0 Å². The Morgan fingerprint density at radius 2 is 1.19 bits per heavy atom. The fourth-order valence-electron chi connectivity index (χ4n) is 8.46. The van der Waals surface area contributed by atoms with Crippen LogP contribution in [0.25, 0.3) is 66.6 Å². The van der Waals surface area contributed by atoms with E-state index in [4.69, 9.17) is 14.9 Å². The SMILES string of the molecule is CC(=[OH+])C=C(C)O.CC1(C)c2ccccc2-c2c[c-]c(-c3ccc4ccccc4n3)cc21.CC1(C)c2ccccc2-c2ccc(-c3ccc4ccccc4[nH+]3)cc21.[Ir]. The molecule has 0 fully saturated rings. The summed E-state index contributed by atoms with van der Waals surface area (Å²) in [4.78, 5) is 16.8. The van der Waals surface area contributed by atoms with Crippen molar-refractivity contribution >= 4 is 27.6 Å². The van der Waals surface area contributed by atoms with E-state index in [2.05, 4.69) is 178 Å². The average Bonchev–Trinajstić information content (AvgIpc) is 3.59. The number of aliphatic hydroxyl groups is 1. The number of hydrogen-bond donors (Lipinski definition) is 1. The number of H-pyrrole nitrogens is 1. The summed E-state index contributed by atoms with van der Waals surface area (Å²) in [5.74, 6) is 0.250. The third-order valence-electron chi connectivity index (χ3n) is 11.4. The molecule has 6 aromatic carbocycles. The van der Waals surface area contributed by atoms with Gasteiger partial charge in [-0.1, -0.05) is 136 Å². The number of allylic oxidation sites excluding steroid dienone is 2. The van der Waals surface area contributed by atoms with Gasteiger partial charge in [-0.3, -0.25) is 9.78 Å². The molecule has 8 aromatic rings. The molecule has 0 unspecified atom stereocenters. The molecule has 0 saturated carbocycles. The molecule has 2 aliphatic carbocycles. The first-order valence-electron chi connectivity index (χ1n) is 19.5. The largest absolute Gasteiger partial charge is 0.512 e. The Balaban J connectivity index is 0.000000150. The van der Waals surface area contributed by atoms with E-state index in [-0.39, 0.29) is 42.5 Å². The van der Waals surface area contributed by atoms with Crippen molar-refractivity contribution in [1.82, 2.24) is 4.98 Å². The average molecular weight is 936 g/mol. The Morgan fingerprint density at radius 3 is 1.86 bits per heavy atom. The number of hydrogen-bond acceptors (Lipinski definition) is 2. The van der Waals surface area contributed by atoms with Crippen LogP contribution in [0.4, 0.5) is 0 Å². The van der Waals surface area contributed by atoms with Crippen LogP contribution < -0.4 is 4.98 Å². The summed E-state index contributed by atoms with van der Waals surface area (Å²) in [6.07, 6.45) is 1.28. The maximum absolute atomic E-state index is 8.40. The van der Waals surface area contributed by atoms with E-state index >= 15 is 0 Å². The second-order valence-corrected chi connectivity index (χ2v) is 16.1. The molecule has 2 heterocycles. The summed E-state index contributed by atoms with van der Waals surface area (Å²) in [7, 11) is 0. The second-order valence-electron chi connectivity index (χ2n) is 16.1. The third kappa shape index (κ3) is 7.56. The maximum Gasteiger partial charge on any atom is 0.316 e. The van der Waals surface area contributed by atoms with Crippen LogP contribution in [0.3, 0.4) is 0 Å². The molecule has 0 amide bonds. The van der Waals surface area contributed by atoms with E-state index in [0.717, 1.165) is 22.5 Å². The Hall–Kier alpha value is -6.00. The van der Waals surface area contributed by atoms with E-state index < -0.39 is 0 Å². The molecule has 1 radical (unpaired) electrons. The minimum atomic E-state index is 0. The molecule has 0 spiro atoms. The van der Waals surface area contributed by atoms with Crippen molar-refractivity contribution < 1.29 is 35.0 Å². The van der Waals surface area contributed by atoms with Crippen molar-refractivity contribution in [2.75, 3.05) is 0 Å². The molecular weight excluding hydrogens is 889 g/mol. The molecule has 0 saturated heterocycles. The Labute approximate surface area is 354 Å². The number of benzene rings is 6. The number of para-hydroxylation sites is 2. The van der Waals surface area contributed by atoms with Gasteiger partial charge in [0.25, 0.3) is 0 Å². The minimum Gasteiger partial charge on any atom is -0.512 e. The standard InChI is InChI=1S/C24H19N.C24H18N.C5H8O2.Ir/c2*1-24(2)20-9-5-4-8-18(20)19-13-11-17(15-21(19)24)23-14-12-16-7-3-6-10-22(16)25-23;1-4(6)3-5(2)7;/h3-15H,1-2H3;3-10,12-15H,1-2H3;3,6H,1-2H3;/q;-1;;/p+2. The monoisotopic (exact) mass is 936 g/mol. The number of fused-ring (bicyclic) bond motifs is 8. The molecular formula is C53H47IrN2O2+. The molecule has 289 valence electrons. The van der Waals surface area contributed by atoms with Gasteiger partial charge in [-0.2, -0.15) is 0 Å². The van der Waals surface area contributed by atoms with Gasteiger partial charge in [0.05, 0.1) is 24.3 Å². The zero-order valence-corrected chi connectivity index (χ0v) is 36.1. The number of ketones is 1. The number of aliphatic hydroxyl groups excluding tert-OH is 1. The summed E-state index contributed by atoms with van der Waals surface area (Å²) in [5.41, 5.74) is 17.6. The van der Waals surface area contributed by atoms with Gasteiger partial charge in [0.2, 0.25) is 11.2 Å². The molecule has 0 bridgehead atoms. The molecule has 3 N–H and O–H groups in total. The first-order chi connectivity index (χ1) is 27.4. The summed E-state index contributed by atoms with van der Waals surface area (Å²) >= 11 is 0. The van der Waals surface area contributed by atoms with Crippen LogP contribution in [-0.4, -0.2) is 20.7 Å². The van der Waals surface area contributed by atoms with E-state index in [1.165, 1.54) is 86.3 Å². The molecule has 10 rings (SSSR count). The molecule has 2 aliphatic rings. The van der Waals surface area contributed by atoms with Crippen LogP contribution in [0.2, 0.25) is 0 Å². The van der Waals surface area contributed by atoms with Crippen molar-refractivity contribution in [3.63, 3.8) is 0 Å². The van der Waals surface area contributed by atoms with Gasteiger partial charge in [0.1, 0.15) is 0 Å². The number of nitrogens with one attached hydrogen (secondary N) is 1. The van der Waals surface area contributed by atoms with Crippen LogP contribution in [0.1, 0.15) is 63.8 Å². The van der Waals surface area contributed by atoms with Gasteiger partial charge in [-0.15, -0.1) is 29.3 Å². The van der Waals surface area contributed by atoms with Crippen molar-refractivity contribution in [2.24, 2.45) is 0 Å². The zero-order chi connectivity index (χ0) is 39.9. The van der Waals surface area contributed by atoms with Crippen LogP contribution in [0.5, 0.6) is 0 Å². The van der Waals surface area contributed by atoms with Gasteiger partial charge in [0.15, 0.2) is 0 Å². The smallest absolute Gasteiger partial charge is 0.316 e. The predicted octanol–water partition coefficient (Wildman–Crippen LogP) is 12.6. The first kappa shape index (κ1) is 40.2. The predicted molar refractivity (Wildman–Crippen MR) is 236 cm³/mol. The molecule has 58 heavy (non-hydrogen) atoms. The zero-order valence-electron chi connectivity index (χ0n) is 33.7. The van der Waals surface area contributed by atoms with Crippen LogP contribution in [-0.2, 0) is 30.9 Å². The van der Waals surface area contributed by atoms with Crippen LogP contribution >= 0.6 is 0 Å². The molecule has 0 aliphatic heterocycles. The van der Waals surface area contributed by atoms with Gasteiger partial charge in [-0.05, 0) is 81.6 Å². The Bertz CT molecular complexity index is 2680. The number of rotatable bonds is 3. The van der Waals surface area contributed by atoms with Crippen molar-refractivity contribution in [3.05, 3.63) is 192 Å². The second kappa shape index (κ2) is 16.1. The van der Waals surface area contributed by atoms with Gasteiger partial charge >= 0.3 is 5.78 Å². The molecule has 0 atom stereocenters. The van der Waals surface area contributed by atoms with E-state index in [0.29, 0.717) is 0 Å². The van der Waals surface area contributed by atoms with Crippen molar-refractivity contribution in [1.29, 1.82) is 0 Å². The van der Waals surface area contributed by atoms with E-state index in [1.807, 2.05) is 12.1 Å². The first-order valence-corrected chi connectivity index (χ1v) is 19.5. The van der Waals surface area contributed by atoms with Crippen molar-refractivity contribution in [3.8, 4) is 44.8 Å². The topological polar surface area (TPSA) is 68.7 Å². The number of nitrogens with zero attached hydrogens (tertiary/aromatic N) is 1. The van der Waals surface area contributed by atoms with E-state index in [9.17, 15) is 0 Å². The van der Waals surface area contributed by atoms with Crippen molar-refractivity contribution in [2.45, 2.75) is 52.4 Å². The normalized spacial score (nSPS) is 13.7. The van der Waals surface area contributed by atoms with Gasteiger partial charge in [-0.25, -0.2) is 4.98 Å². The van der Waals surface area contributed by atoms with Gasteiger partial charge < -0.3 is 5.11 Å². The summed E-state index contributed by atoms with van der Waals surface area (Å²) in [6.45, 7) is 12.3. The molecule has 5 heteroatoms. The molecule has 2 aromatic heterocycles. The quantitative estimate of drug-likeness (QED) is 0.0830.